The second-order valence-electron chi connectivity index (χ2n) is 6.35. The Morgan fingerprint density at radius 2 is 1.83 bits per heavy atom. The van der Waals surface area contributed by atoms with Crippen molar-refractivity contribution in [3.8, 4) is 27.5 Å². The van der Waals surface area contributed by atoms with E-state index < -0.39 is 11.7 Å². The summed E-state index contributed by atoms with van der Waals surface area (Å²) in [6.45, 7) is 3.95. The van der Waals surface area contributed by atoms with Crippen molar-refractivity contribution in [2.45, 2.75) is 31.5 Å². The highest BCUT2D eigenvalue weighted by molar-refractivity contribution is 8.03. The van der Waals surface area contributed by atoms with Crippen molar-refractivity contribution in [2.24, 2.45) is 0 Å². The second-order valence-corrected chi connectivity index (χ2v) is 8.26. The summed E-state index contributed by atoms with van der Waals surface area (Å²) in [5, 5.41) is 11.6. The number of halogens is 3. The fourth-order valence-corrected chi connectivity index (χ4v) is 4.17. The number of aromatic nitrogens is 1. The van der Waals surface area contributed by atoms with Crippen molar-refractivity contribution in [2.75, 3.05) is 7.11 Å². The number of hydrogen-bond acceptors (Lipinski definition) is 6. The van der Waals surface area contributed by atoms with Gasteiger partial charge in [-0.2, -0.15) is 18.4 Å². The van der Waals surface area contributed by atoms with Crippen LogP contribution in [0.1, 0.15) is 21.7 Å². The minimum atomic E-state index is -4.37. The molecule has 0 aliphatic rings. The van der Waals surface area contributed by atoms with Crippen molar-refractivity contribution in [3.63, 3.8) is 0 Å². The second kappa shape index (κ2) is 8.98. The summed E-state index contributed by atoms with van der Waals surface area (Å²) >= 11 is 2.42. The molecule has 0 fully saturated rings. The molecule has 0 spiro atoms. The number of thiocyanates is 1. The third kappa shape index (κ3) is 4.89. The molecule has 3 rings (SSSR count). The van der Waals surface area contributed by atoms with Crippen LogP contribution in [0.2, 0.25) is 0 Å². The molecule has 0 aliphatic carbocycles. The van der Waals surface area contributed by atoms with Gasteiger partial charge in [0.2, 0.25) is 0 Å². The van der Waals surface area contributed by atoms with Gasteiger partial charge in [0.05, 0.1) is 23.2 Å². The van der Waals surface area contributed by atoms with Gasteiger partial charge in [0, 0.05) is 10.5 Å². The van der Waals surface area contributed by atoms with Crippen molar-refractivity contribution >= 4 is 23.1 Å². The maximum Gasteiger partial charge on any atom is 0.416 e. The van der Waals surface area contributed by atoms with Gasteiger partial charge < -0.3 is 9.47 Å². The SMILES string of the molecule is COc1cc(SC#N)c(C)cc1OCc1sc(-c2ccc(C(F)(F)F)cc2)nc1C. The molecule has 1 heterocycles. The third-order valence-electron chi connectivity index (χ3n) is 4.33. The Bertz CT molecular complexity index is 1090. The molecule has 0 bridgehead atoms. The van der Waals surface area contributed by atoms with Gasteiger partial charge >= 0.3 is 6.18 Å². The average Bonchev–Trinajstić information content (AvgIpc) is 3.08. The molecule has 4 nitrogen and oxygen atoms in total. The van der Waals surface area contributed by atoms with E-state index in [0.717, 1.165) is 44.9 Å². The van der Waals surface area contributed by atoms with E-state index in [1.54, 1.807) is 6.07 Å². The Labute approximate surface area is 180 Å². The van der Waals surface area contributed by atoms with Crippen LogP contribution in [-0.4, -0.2) is 12.1 Å². The molecule has 0 unspecified atom stereocenters. The molecule has 0 radical (unpaired) electrons. The maximum absolute atomic E-state index is 12.8. The zero-order valence-corrected chi connectivity index (χ0v) is 18.0. The van der Waals surface area contributed by atoms with Crippen LogP contribution >= 0.6 is 23.1 Å². The van der Waals surface area contributed by atoms with Crippen molar-refractivity contribution in [1.82, 2.24) is 4.98 Å². The molecular formula is C21H17F3N2O2S2. The van der Waals surface area contributed by atoms with Crippen LogP contribution in [-0.2, 0) is 12.8 Å². The number of methoxy groups -OCH3 is 1. The van der Waals surface area contributed by atoms with Crippen LogP contribution < -0.4 is 9.47 Å². The van der Waals surface area contributed by atoms with Crippen LogP contribution in [0.25, 0.3) is 10.6 Å². The molecule has 0 saturated heterocycles. The van der Waals surface area contributed by atoms with Gasteiger partial charge in [-0.1, -0.05) is 12.1 Å². The lowest BCUT2D eigenvalue weighted by Crippen LogP contribution is -2.03. The smallest absolute Gasteiger partial charge is 0.416 e. The summed E-state index contributed by atoms with van der Waals surface area (Å²) in [6, 6.07) is 8.51. The first kappa shape index (κ1) is 22.0. The van der Waals surface area contributed by atoms with E-state index in [2.05, 4.69) is 4.98 Å². The topological polar surface area (TPSA) is 55.1 Å². The van der Waals surface area contributed by atoms with Gasteiger partial charge in [0.15, 0.2) is 11.5 Å². The number of rotatable bonds is 6. The number of benzene rings is 2. The number of alkyl halides is 3. The lowest BCUT2D eigenvalue weighted by Gasteiger charge is -2.13. The zero-order valence-electron chi connectivity index (χ0n) is 16.3. The molecule has 156 valence electrons. The van der Waals surface area contributed by atoms with Crippen LogP contribution in [0.15, 0.2) is 41.3 Å². The Balaban J connectivity index is 1.79. The van der Waals surface area contributed by atoms with Crippen LogP contribution in [0.4, 0.5) is 13.2 Å². The predicted molar refractivity (Wildman–Crippen MR) is 111 cm³/mol. The molecular weight excluding hydrogens is 433 g/mol. The van der Waals surface area contributed by atoms with E-state index in [0.29, 0.717) is 22.1 Å². The number of nitriles is 1. The molecule has 3 aromatic rings. The van der Waals surface area contributed by atoms with Crippen LogP contribution in [0, 0.1) is 24.5 Å². The summed E-state index contributed by atoms with van der Waals surface area (Å²) in [5.41, 5.74) is 1.57. The summed E-state index contributed by atoms with van der Waals surface area (Å²) in [6.07, 6.45) is -4.37. The van der Waals surface area contributed by atoms with Gasteiger partial charge in [-0.25, -0.2) is 4.98 Å². The Hall–Kier alpha value is -2.70. The van der Waals surface area contributed by atoms with Gasteiger partial charge in [-0.15, -0.1) is 11.3 Å². The van der Waals surface area contributed by atoms with E-state index in [9.17, 15) is 13.2 Å². The zero-order chi connectivity index (χ0) is 21.9. The predicted octanol–water partition coefficient (Wildman–Crippen LogP) is 6.61. The summed E-state index contributed by atoms with van der Waals surface area (Å²) in [4.78, 5) is 6.12. The lowest BCUT2D eigenvalue weighted by molar-refractivity contribution is -0.137. The number of thiazole rings is 1. The third-order valence-corrected chi connectivity index (χ3v) is 6.26. The van der Waals surface area contributed by atoms with Gasteiger partial charge in [0.1, 0.15) is 17.0 Å². The molecule has 0 N–H and O–H groups in total. The van der Waals surface area contributed by atoms with Crippen molar-refractivity contribution < 1.29 is 22.6 Å². The van der Waals surface area contributed by atoms with Crippen LogP contribution in [0.3, 0.4) is 0 Å². The first-order valence-electron chi connectivity index (χ1n) is 8.74. The highest BCUT2D eigenvalue weighted by Crippen LogP contribution is 2.37. The quantitative estimate of drug-likeness (QED) is 0.313. The molecule has 30 heavy (non-hydrogen) atoms. The minimum absolute atomic E-state index is 0.241. The Morgan fingerprint density at radius 1 is 1.13 bits per heavy atom. The van der Waals surface area contributed by atoms with Gasteiger partial charge in [0.25, 0.3) is 0 Å². The number of nitrogens with zero attached hydrogens (tertiary/aromatic N) is 2. The molecule has 0 atom stereocenters. The van der Waals surface area contributed by atoms with E-state index in [-0.39, 0.29) is 6.61 Å². The average molecular weight is 451 g/mol. The molecule has 2 aromatic carbocycles. The standard InChI is InChI=1S/C21H17F3N2O2S2/c1-12-8-17(16(27-3)9-18(12)29-11-25)28-10-19-13(2)26-20(30-19)14-4-6-15(7-5-14)21(22,23)24/h4-9H,10H2,1-3H3. The molecule has 0 saturated carbocycles. The summed E-state index contributed by atoms with van der Waals surface area (Å²) in [5.74, 6) is 1.06. The molecule has 0 aliphatic heterocycles. The summed E-state index contributed by atoms with van der Waals surface area (Å²) in [7, 11) is 1.53. The molecule has 1 aromatic heterocycles. The normalized spacial score (nSPS) is 11.2. The first-order chi connectivity index (χ1) is 14.2. The number of ether oxygens (including phenoxy) is 2. The highest BCUT2D eigenvalue weighted by atomic mass is 32.2. The van der Waals surface area contributed by atoms with E-state index in [4.69, 9.17) is 14.7 Å². The van der Waals surface area contributed by atoms with Crippen molar-refractivity contribution in [1.29, 1.82) is 5.26 Å². The van der Waals surface area contributed by atoms with E-state index in [1.807, 2.05) is 25.3 Å². The largest absolute Gasteiger partial charge is 0.493 e. The maximum atomic E-state index is 12.8. The highest BCUT2D eigenvalue weighted by Gasteiger charge is 2.30. The van der Waals surface area contributed by atoms with Crippen LogP contribution in [0.5, 0.6) is 11.5 Å². The fourth-order valence-electron chi connectivity index (χ4n) is 2.70. The monoisotopic (exact) mass is 450 g/mol. The van der Waals surface area contributed by atoms with Crippen molar-refractivity contribution in [3.05, 3.63) is 58.1 Å². The fraction of sp³-hybridized carbons (Fsp3) is 0.238. The molecule has 0 amide bonds. The number of hydrogen-bond donors (Lipinski definition) is 0. The number of thioether (sulfide) groups is 1. The van der Waals surface area contributed by atoms with Gasteiger partial charge in [-0.05, 0) is 55.4 Å². The summed E-state index contributed by atoms with van der Waals surface area (Å²) < 4.78 is 49.6. The Kier molecular flexibility index (Phi) is 6.58. The molecule has 9 heteroatoms. The van der Waals surface area contributed by atoms with E-state index >= 15 is 0 Å². The van der Waals surface area contributed by atoms with E-state index in [1.165, 1.54) is 30.6 Å². The lowest BCUT2D eigenvalue weighted by atomic mass is 10.1. The minimum Gasteiger partial charge on any atom is -0.493 e. The number of aryl methyl sites for hydroxylation is 2. The Morgan fingerprint density at radius 3 is 2.43 bits per heavy atom. The van der Waals surface area contributed by atoms with Gasteiger partial charge in [-0.3, -0.25) is 0 Å². The first-order valence-corrected chi connectivity index (χ1v) is 10.4.